The van der Waals surface area contributed by atoms with Crippen molar-refractivity contribution in [2.24, 2.45) is 5.92 Å². The SMILES string of the molecule is CNCC(=O)N1CCC(C(=O)Nc2ccc3c(c2)OCO3)CC1. The van der Waals surface area contributed by atoms with Gasteiger partial charge in [0.2, 0.25) is 18.6 Å². The van der Waals surface area contributed by atoms with E-state index in [1.807, 2.05) is 0 Å². The number of amides is 2. The second-order valence-electron chi connectivity index (χ2n) is 5.74. The van der Waals surface area contributed by atoms with Crippen LogP contribution in [-0.2, 0) is 9.59 Å². The molecule has 2 N–H and O–H groups in total. The van der Waals surface area contributed by atoms with Crippen molar-refractivity contribution in [2.75, 3.05) is 38.8 Å². The quantitative estimate of drug-likeness (QED) is 0.858. The molecule has 1 aromatic rings. The van der Waals surface area contributed by atoms with Crippen LogP contribution in [-0.4, -0.2) is 50.2 Å². The first-order valence-electron chi connectivity index (χ1n) is 7.80. The number of benzene rings is 1. The number of carbonyl (C=O) groups is 2. The molecule has 0 aliphatic carbocycles. The van der Waals surface area contributed by atoms with Gasteiger partial charge >= 0.3 is 0 Å². The zero-order chi connectivity index (χ0) is 16.2. The van der Waals surface area contributed by atoms with E-state index in [0.717, 1.165) is 0 Å². The highest BCUT2D eigenvalue weighted by atomic mass is 16.7. The Balaban J connectivity index is 1.53. The molecule has 0 unspecified atom stereocenters. The van der Waals surface area contributed by atoms with Gasteiger partial charge in [0.25, 0.3) is 0 Å². The normalized spacial score (nSPS) is 17.2. The van der Waals surface area contributed by atoms with Crippen LogP contribution < -0.4 is 20.1 Å². The Kier molecular flexibility index (Phi) is 4.66. The predicted molar refractivity (Wildman–Crippen MR) is 84.4 cm³/mol. The van der Waals surface area contributed by atoms with E-state index in [0.29, 0.717) is 49.7 Å². The minimum Gasteiger partial charge on any atom is -0.454 e. The van der Waals surface area contributed by atoms with E-state index in [2.05, 4.69) is 10.6 Å². The number of nitrogens with one attached hydrogen (secondary N) is 2. The van der Waals surface area contributed by atoms with Gasteiger partial charge in [-0.1, -0.05) is 0 Å². The van der Waals surface area contributed by atoms with Gasteiger partial charge in [0.1, 0.15) is 0 Å². The molecule has 0 radical (unpaired) electrons. The summed E-state index contributed by atoms with van der Waals surface area (Å²) in [5.74, 6) is 1.35. The summed E-state index contributed by atoms with van der Waals surface area (Å²) < 4.78 is 10.6. The van der Waals surface area contributed by atoms with Crippen molar-refractivity contribution >= 4 is 17.5 Å². The zero-order valence-electron chi connectivity index (χ0n) is 13.1. The molecule has 0 bridgehead atoms. The smallest absolute Gasteiger partial charge is 0.236 e. The maximum Gasteiger partial charge on any atom is 0.236 e. The van der Waals surface area contributed by atoms with Gasteiger partial charge in [-0.15, -0.1) is 0 Å². The lowest BCUT2D eigenvalue weighted by Crippen LogP contribution is -2.44. The van der Waals surface area contributed by atoms with Gasteiger partial charge in [0.15, 0.2) is 11.5 Å². The molecule has 2 aliphatic rings. The fourth-order valence-electron chi connectivity index (χ4n) is 2.87. The summed E-state index contributed by atoms with van der Waals surface area (Å²) in [6.45, 7) is 1.80. The monoisotopic (exact) mass is 319 g/mol. The van der Waals surface area contributed by atoms with Gasteiger partial charge in [-0.3, -0.25) is 9.59 Å². The van der Waals surface area contributed by atoms with E-state index < -0.39 is 0 Å². The average Bonchev–Trinajstić information content (AvgIpc) is 3.03. The maximum absolute atomic E-state index is 12.4. The zero-order valence-corrected chi connectivity index (χ0v) is 13.1. The number of hydrogen-bond donors (Lipinski definition) is 2. The second kappa shape index (κ2) is 6.87. The third-order valence-corrected chi connectivity index (χ3v) is 4.19. The molecule has 1 aromatic carbocycles. The summed E-state index contributed by atoms with van der Waals surface area (Å²) in [6, 6.07) is 5.36. The highest BCUT2D eigenvalue weighted by Gasteiger charge is 2.27. The Morgan fingerprint density at radius 2 is 1.96 bits per heavy atom. The van der Waals surface area contributed by atoms with Crippen molar-refractivity contribution in [3.63, 3.8) is 0 Å². The van der Waals surface area contributed by atoms with Crippen LogP contribution in [0.1, 0.15) is 12.8 Å². The Hall–Kier alpha value is -2.28. The Morgan fingerprint density at radius 3 is 2.70 bits per heavy atom. The molecular formula is C16H21N3O4. The van der Waals surface area contributed by atoms with Crippen LogP contribution in [0.3, 0.4) is 0 Å². The van der Waals surface area contributed by atoms with E-state index in [9.17, 15) is 9.59 Å². The van der Waals surface area contributed by atoms with Gasteiger partial charge in [0, 0.05) is 30.8 Å². The third-order valence-electron chi connectivity index (χ3n) is 4.19. The summed E-state index contributed by atoms with van der Waals surface area (Å²) in [6.07, 6.45) is 1.37. The summed E-state index contributed by atoms with van der Waals surface area (Å²) in [5.41, 5.74) is 0.702. The molecule has 1 saturated heterocycles. The molecule has 0 spiro atoms. The number of piperidine rings is 1. The van der Waals surface area contributed by atoms with Crippen LogP contribution in [0, 0.1) is 5.92 Å². The van der Waals surface area contributed by atoms with Crippen molar-refractivity contribution in [3.05, 3.63) is 18.2 Å². The summed E-state index contributed by atoms with van der Waals surface area (Å²) in [7, 11) is 1.75. The van der Waals surface area contributed by atoms with E-state index in [1.54, 1.807) is 30.1 Å². The van der Waals surface area contributed by atoms with Gasteiger partial charge in [0.05, 0.1) is 6.54 Å². The fraction of sp³-hybridized carbons (Fsp3) is 0.500. The number of likely N-dealkylation sites (N-methyl/N-ethyl adjacent to an activating group) is 1. The van der Waals surface area contributed by atoms with Crippen molar-refractivity contribution in [3.8, 4) is 11.5 Å². The van der Waals surface area contributed by atoms with Crippen LogP contribution in [0.2, 0.25) is 0 Å². The topological polar surface area (TPSA) is 79.9 Å². The van der Waals surface area contributed by atoms with E-state index >= 15 is 0 Å². The molecule has 0 saturated carbocycles. The van der Waals surface area contributed by atoms with Gasteiger partial charge < -0.3 is 25.0 Å². The highest BCUT2D eigenvalue weighted by Crippen LogP contribution is 2.34. The van der Waals surface area contributed by atoms with Gasteiger partial charge in [-0.05, 0) is 32.0 Å². The van der Waals surface area contributed by atoms with E-state index in [4.69, 9.17) is 9.47 Å². The largest absolute Gasteiger partial charge is 0.454 e. The average molecular weight is 319 g/mol. The maximum atomic E-state index is 12.4. The van der Waals surface area contributed by atoms with Crippen LogP contribution in [0.25, 0.3) is 0 Å². The molecule has 2 heterocycles. The first-order chi connectivity index (χ1) is 11.2. The molecule has 0 aromatic heterocycles. The number of carbonyl (C=O) groups excluding carboxylic acids is 2. The minimum atomic E-state index is -0.0703. The minimum absolute atomic E-state index is 0.00965. The molecule has 2 amide bonds. The van der Waals surface area contributed by atoms with Gasteiger partial charge in [-0.2, -0.15) is 0 Å². The molecule has 23 heavy (non-hydrogen) atoms. The van der Waals surface area contributed by atoms with Crippen molar-refractivity contribution in [2.45, 2.75) is 12.8 Å². The summed E-state index contributed by atoms with van der Waals surface area (Å²) >= 11 is 0. The van der Waals surface area contributed by atoms with Crippen molar-refractivity contribution in [1.82, 2.24) is 10.2 Å². The van der Waals surface area contributed by atoms with Gasteiger partial charge in [-0.25, -0.2) is 0 Å². The van der Waals surface area contributed by atoms with Crippen molar-refractivity contribution in [1.29, 1.82) is 0 Å². The number of anilines is 1. The molecule has 7 heteroatoms. The standard InChI is InChI=1S/C16H21N3O4/c1-17-9-15(20)19-6-4-11(5-7-19)16(21)18-12-2-3-13-14(8-12)23-10-22-13/h2-3,8,11,17H,4-7,9-10H2,1H3,(H,18,21). The van der Waals surface area contributed by atoms with Crippen LogP contribution in [0.15, 0.2) is 18.2 Å². The van der Waals surface area contributed by atoms with Crippen LogP contribution in [0.4, 0.5) is 5.69 Å². The molecule has 1 fully saturated rings. The number of likely N-dealkylation sites (tertiary alicyclic amines) is 1. The van der Waals surface area contributed by atoms with Crippen LogP contribution >= 0.6 is 0 Å². The number of nitrogens with zero attached hydrogens (tertiary/aromatic N) is 1. The lowest BCUT2D eigenvalue weighted by Gasteiger charge is -2.31. The van der Waals surface area contributed by atoms with E-state index in [1.165, 1.54) is 0 Å². The molecule has 3 rings (SSSR count). The summed E-state index contributed by atoms with van der Waals surface area (Å²) in [4.78, 5) is 26.0. The first kappa shape index (κ1) is 15.6. The molecule has 2 aliphatic heterocycles. The van der Waals surface area contributed by atoms with Crippen LogP contribution in [0.5, 0.6) is 11.5 Å². The lowest BCUT2D eigenvalue weighted by molar-refractivity contribution is -0.133. The number of hydrogen-bond acceptors (Lipinski definition) is 5. The molecular weight excluding hydrogens is 298 g/mol. The Bertz CT molecular complexity index is 597. The predicted octanol–water partition coefficient (Wildman–Crippen LogP) is 0.812. The fourth-order valence-corrected chi connectivity index (χ4v) is 2.87. The number of fused-ring (bicyclic) bond motifs is 1. The van der Waals surface area contributed by atoms with Crippen molar-refractivity contribution < 1.29 is 19.1 Å². The second-order valence-corrected chi connectivity index (χ2v) is 5.74. The molecule has 7 nitrogen and oxygen atoms in total. The van der Waals surface area contributed by atoms with E-state index in [-0.39, 0.29) is 24.5 Å². The Morgan fingerprint density at radius 1 is 1.22 bits per heavy atom. The molecule has 0 atom stereocenters. The molecule has 124 valence electrons. The third kappa shape index (κ3) is 3.56. The highest BCUT2D eigenvalue weighted by molar-refractivity contribution is 5.93. The summed E-state index contributed by atoms with van der Waals surface area (Å²) in [5, 5.41) is 5.78. The number of ether oxygens (including phenoxy) is 2. The number of rotatable bonds is 4. The Labute approximate surface area is 134 Å². The lowest BCUT2D eigenvalue weighted by atomic mass is 9.95. The first-order valence-corrected chi connectivity index (χ1v) is 7.80.